The van der Waals surface area contributed by atoms with Gasteiger partial charge < -0.3 is 15.1 Å². The van der Waals surface area contributed by atoms with Gasteiger partial charge in [-0.3, -0.25) is 4.79 Å². The van der Waals surface area contributed by atoms with Crippen LogP contribution in [0.3, 0.4) is 0 Å². The zero-order valence-electron chi connectivity index (χ0n) is 10.6. The van der Waals surface area contributed by atoms with Gasteiger partial charge in [-0.15, -0.1) is 0 Å². The summed E-state index contributed by atoms with van der Waals surface area (Å²) in [5, 5.41) is 3.50. The third-order valence-corrected chi connectivity index (χ3v) is 3.93. The molecule has 3 heterocycles. The van der Waals surface area contributed by atoms with Crippen molar-refractivity contribution in [1.29, 1.82) is 0 Å². The Balaban J connectivity index is 1.88. The Hall–Kier alpha value is -0.610. The summed E-state index contributed by atoms with van der Waals surface area (Å²) in [6.07, 6.45) is 2.58. The highest BCUT2D eigenvalue weighted by Gasteiger charge is 2.35. The molecule has 0 aliphatic carbocycles. The number of nitrogens with one attached hydrogen (secondary N) is 1. The summed E-state index contributed by atoms with van der Waals surface area (Å²) in [4.78, 5) is 15.9. The number of carbonyl (C=O) groups excluding carboxylic acids is 1. The molecule has 1 N–H and O–H groups in total. The van der Waals surface area contributed by atoms with Crippen molar-refractivity contribution < 1.29 is 4.79 Å². The van der Waals surface area contributed by atoms with Gasteiger partial charge in [-0.1, -0.05) is 0 Å². The van der Waals surface area contributed by atoms with Gasteiger partial charge in [0.1, 0.15) is 0 Å². The average Bonchev–Trinajstić information content (AvgIpc) is 2.29. The predicted octanol–water partition coefficient (Wildman–Crippen LogP) is 0.147. The predicted molar refractivity (Wildman–Crippen MR) is 64.2 cm³/mol. The van der Waals surface area contributed by atoms with Crippen molar-refractivity contribution in [3.63, 3.8) is 0 Å². The number of hydrogen-bond donors (Lipinski definition) is 1. The number of fused-ring (bicyclic) bond motifs is 3. The van der Waals surface area contributed by atoms with Crippen molar-refractivity contribution in [3.05, 3.63) is 0 Å². The van der Waals surface area contributed by atoms with E-state index in [0.29, 0.717) is 6.04 Å². The van der Waals surface area contributed by atoms with Crippen LogP contribution in [-0.2, 0) is 4.79 Å². The Morgan fingerprint density at radius 1 is 1.38 bits per heavy atom. The number of hydrogen-bond acceptors (Lipinski definition) is 3. The molecule has 0 spiro atoms. The molecule has 0 aromatic rings. The van der Waals surface area contributed by atoms with E-state index >= 15 is 0 Å². The maximum absolute atomic E-state index is 11.8. The van der Waals surface area contributed by atoms with E-state index in [4.69, 9.17) is 0 Å². The second-order valence-corrected chi connectivity index (χ2v) is 5.37. The van der Waals surface area contributed by atoms with Gasteiger partial charge in [0.15, 0.2) is 0 Å². The summed E-state index contributed by atoms with van der Waals surface area (Å²) < 4.78 is 0. The van der Waals surface area contributed by atoms with Gasteiger partial charge in [0, 0.05) is 26.7 Å². The monoisotopic (exact) mass is 225 g/mol. The van der Waals surface area contributed by atoms with Crippen molar-refractivity contribution >= 4 is 5.91 Å². The molecule has 3 aliphatic rings. The van der Waals surface area contributed by atoms with E-state index in [1.165, 1.54) is 25.9 Å². The van der Waals surface area contributed by atoms with Crippen LogP contribution in [0.15, 0.2) is 0 Å². The number of piperidine rings is 3. The molecule has 3 fully saturated rings. The van der Waals surface area contributed by atoms with Gasteiger partial charge in [-0.2, -0.15) is 0 Å². The standard InChI is InChI=1S/C12H23N3O/c1-9(12(16)14(2)3)13-11-8-15-6-4-10(11)5-7-15/h9-11,13H,4-8H2,1-3H3. The first-order valence-corrected chi connectivity index (χ1v) is 6.27. The van der Waals surface area contributed by atoms with Crippen molar-refractivity contribution in [2.45, 2.75) is 31.8 Å². The third-order valence-electron chi connectivity index (χ3n) is 3.93. The first-order chi connectivity index (χ1) is 7.58. The molecule has 92 valence electrons. The molecule has 2 atom stereocenters. The minimum atomic E-state index is -0.0550. The van der Waals surface area contributed by atoms with E-state index in [1.807, 2.05) is 21.0 Å². The van der Waals surface area contributed by atoms with Gasteiger partial charge in [-0.05, 0) is 38.8 Å². The topological polar surface area (TPSA) is 35.6 Å². The van der Waals surface area contributed by atoms with Gasteiger partial charge in [0.25, 0.3) is 0 Å². The lowest BCUT2D eigenvalue weighted by atomic mass is 9.83. The van der Waals surface area contributed by atoms with Gasteiger partial charge in [-0.25, -0.2) is 0 Å². The van der Waals surface area contributed by atoms with E-state index in [1.54, 1.807) is 4.90 Å². The lowest BCUT2D eigenvalue weighted by Gasteiger charge is -2.46. The van der Waals surface area contributed by atoms with Crippen LogP contribution in [0.1, 0.15) is 19.8 Å². The zero-order valence-corrected chi connectivity index (χ0v) is 10.6. The Morgan fingerprint density at radius 2 is 2.00 bits per heavy atom. The largest absolute Gasteiger partial charge is 0.347 e. The van der Waals surface area contributed by atoms with E-state index < -0.39 is 0 Å². The Kier molecular flexibility index (Phi) is 3.50. The fraction of sp³-hybridized carbons (Fsp3) is 0.917. The van der Waals surface area contributed by atoms with Crippen molar-refractivity contribution in [3.8, 4) is 0 Å². The molecule has 2 unspecified atom stereocenters. The SMILES string of the molecule is CC(NC1CN2CCC1CC2)C(=O)N(C)C. The zero-order chi connectivity index (χ0) is 11.7. The van der Waals surface area contributed by atoms with Crippen molar-refractivity contribution in [2.24, 2.45) is 5.92 Å². The molecule has 1 amide bonds. The van der Waals surface area contributed by atoms with E-state index in [9.17, 15) is 4.79 Å². The quantitative estimate of drug-likeness (QED) is 0.742. The number of likely N-dealkylation sites (N-methyl/N-ethyl adjacent to an activating group) is 1. The Bertz CT molecular complexity index is 259. The Morgan fingerprint density at radius 3 is 2.44 bits per heavy atom. The minimum absolute atomic E-state index is 0.0550. The van der Waals surface area contributed by atoms with Crippen LogP contribution in [0.25, 0.3) is 0 Å². The molecule has 16 heavy (non-hydrogen) atoms. The maximum Gasteiger partial charge on any atom is 0.238 e. The number of amides is 1. The average molecular weight is 225 g/mol. The molecule has 3 saturated heterocycles. The van der Waals surface area contributed by atoms with Crippen molar-refractivity contribution in [1.82, 2.24) is 15.1 Å². The fourth-order valence-electron chi connectivity index (χ4n) is 2.93. The van der Waals surface area contributed by atoms with Gasteiger partial charge >= 0.3 is 0 Å². The summed E-state index contributed by atoms with van der Waals surface area (Å²) in [5.41, 5.74) is 0. The number of nitrogens with zero attached hydrogens (tertiary/aromatic N) is 2. The summed E-state index contributed by atoms with van der Waals surface area (Å²) in [5.74, 6) is 0.957. The Labute approximate surface area is 98.0 Å². The third kappa shape index (κ3) is 2.38. The minimum Gasteiger partial charge on any atom is -0.347 e. The van der Waals surface area contributed by atoms with Crippen LogP contribution >= 0.6 is 0 Å². The van der Waals surface area contributed by atoms with Crippen LogP contribution < -0.4 is 5.32 Å². The van der Waals surface area contributed by atoms with Crippen LogP contribution in [0.4, 0.5) is 0 Å². The van der Waals surface area contributed by atoms with Crippen LogP contribution in [-0.4, -0.2) is 61.5 Å². The smallest absolute Gasteiger partial charge is 0.238 e. The highest BCUT2D eigenvalue weighted by molar-refractivity contribution is 5.80. The summed E-state index contributed by atoms with van der Waals surface area (Å²) in [7, 11) is 3.63. The van der Waals surface area contributed by atoms with Crippen LogP contribution in [0.5, 0.6) is 0 Å². The van der Waals surface area contributed by atoms with E-state index in [2.05, 4.69) is 10.2 Å². The van der Waals surface area contributed by atoms with Crippen molar-refractivity contribution in [2.75, 3.05) is 33.7 Å². The highest BCUT2D eigenvalue weighted by Crippen LogP contribution is 2.27. The first kappa shape index (κ1) is 11.9. The summed E-state index contributed by atoms with van der Waals surface area (Å²) in [6.45, 7) is 5.59. The second-order valence-electron chi connectivity index (χ2n) is 5.37. The molecule has 0 radical (unpaired) electrons. The molecule has 0 aromatic carbocycles. The fourth-order valence-corrected chi connectivity index (χ4v) is 2.93. The molecular formula is C12H23N3O. The number of carbonyl (C=O) groups is 1. The maximum atomic E-state index is 11.8. The molecule has 2 bridgehead atoms. The van der Waals surface area contributed by atoms with E-state index in [-0.39, 0.29) is 11.9 Å². The molecule has 0 aromatic heterocycles. The second kappa shape index (κ2) is 4.72. The lowest BCUT2D eigenvalue weighted by Crippen LogP contribution is -2.59. The molecular weight excluding hydrogens is 202 g/mol. The molecule has 0 saturated carbocycles. The van der Waals surface area contributed by atoms with Gasteiger partial charge in [0.2, 0.25) is 5.91 Å². The van der Waals surface area contributed by atoms with Crippen LogP contribution in [0, 0.1) is 5.92 Å². The first-order valence-electron chi connectivity index (χ1n) is 6.27. The van der Waals surface area contributed by atoms with E-state index in [0.717, 1.165) is 12.5 Å². The molecule has 4 heteroatoms. The molecule has 3 rings (SSSR count). The van der Waals surface area contributed by atoms with Crippen LogP contribution in [0.2, 0.25) is 0 Å². The molecule has 4 nitrogen and oxygen atoms in total. The summed E-state index contributed by atoms with van der Waals surface area (Å²) in [6, 6.07) is 0.460. The highest BCUT2D eigenvalue weighted by atomic mass is 16.2. The lowest BCUT2D eigenvalue weighted by molar-refractivity contribution is -0.131. The number of rotatable bonds is 3. The normalized spacial score (nSPS) is 34.8. The molecule has 3 aliphatic heterocycles. The van der Waals surface area contributed by atoms with Gasteiger partial charge in [0.05, 0.1) is 6.04 Å². The summed E-state index contributed by atoms with van der Waals surface area (Å²) >= 11 is 0.